The van der Waals surface area contributed by atoms with Gasteiger partial charge in [0.15, 0.2) is 0 Å². The smallest absolute Gasteiger partial charge is 0.274 e. The molecule has 1 aromatic heterocycles. The zero-order valence-electron chi connectivity index (χ0n) is 16.7. The molecule has 0 aliphatic carbocycles. The minimum absolute atomic E-state index is 0.00449. The van der Waals surface area contributed by atoms with Crippen molar-refractivity contribution in [2.24, 2.45) is 5.10 Å². The van der Waals surface area contributed by atoms with E-state index in [1.165, 1.54) is 5.01 Å². The van der Waals surface area contributed by atoms with Gasteiger partial charge in [0.25, 0.3) is 5.91 Å². The summed E-state index contributed by atoms with van der Waals surface area (Å²) < 4.78 is 26.1. The van der Waals surface area contributed by atoms with Crippen molar-refractivity contribution >= 4 is 50.3 Å². The van der Waals surface area contributed by atoms with Gasteiger partial charge in [0.1, 0.15) is 0 Å². The van der Waals surface area contributed by atoms with E-state index in [1.54, 1.807) is 54.7 Å². The van der Waals surface area contributed by atoms with E-state index in [0.29, 0.717) is 22.7 Å². The number of halogens is 1. The summed E-state index contributed by atoms with van der Waals surface area (Å²) in [7, 11) is -3.34. The highest BCUT2D eigenvalue weighted by atomic mass is 35.5. The zero-order chi connectivity index (χ0) is 22.0. The number of hydrogen-bond donors (Lipinski definition) is 1. The van der Waals surface area contributed by atoms with Crippen molar-refractivity contribution in [2.45, 2.75) is 19.4 Å². The van der Waals surface area contributed by atoms with Crippen molar-refractivity contribution in [3.8, 4) is 0 Å². The highest BCUT2D eigenvalue weighted by molar-refractivity contribution is 7.92. The fourth-order valence-corrected chi connectivity index (χ4v) is 4.95. The molecule has 0 fully saturated rings. The minimum Gasteiger partial charge on any atom is -0.284 e. The lowest BCUT2D eigenvalue weighted by molar-refractivity contribution is 0.0714. The number of anilines is 1. The molecule has 1 aliphatic heterocycles. The Kier molecular flexibility index (Phi) is 6.13. The van der Waals surface area contributed by atoms with Gasteiger partial charge in [-0.3, -0.25) is 9.52 Å². The predicted octanol–water partition coefficient (Wildman–Crippen LogP) is 5.15. The summed E-state index contributed by atoms with van der Waals surface area (Å²) >= 11 is 7.65. The molecule has 160 valence electrons. The Morgan fingerprint density at radius 2 is 1.97 bits per heavy atom. The van der Waals surface area contributed by atoms with Gasteiger partial charge in [-0.15, -0.1) is 11.3 Å². The lowest BCUT2D eigenvalue weighted by atomic mass is 10.0. The maximum absolute atomic E-state index is 13.2. The first-order valence-corrected chi connectivity index (χ1v) is 12.6. The summed E-state index contributed by atoms with van der Waals surface area (Å²) in [5.74, 6) is -0.215. The van der Waals surface area contributed by atoms with Crippen molar-refractivity contribution in [1.82, 2.24) is 5.01 Å². The van der Waals surface area contributed by atoms with Crippen LogP contribution in [-0.4, -0.2) is 30.8 Å². The average molecular weight is 474 g/mol. The summed E-state index contributed by atoms with van der Waals surface area (Å²) in [5, 5.41) is 8.63. The van der Waals surface area contributed by atoms with Gasteiger partial charge in [-0.2, -0.15) is 5.10 Å². The summed E-state index contributed by atoms with van der Waals surface area (Å²) in [6.07, 6.45) is 0.562. The summed E-state index contributed by atoms with van der Waals surface area (Å²) in [6, 6.07) is 17.6. The Hall–Kier alpha value is -2.68. The molecular formula is C22H20ClN3O3S2. The van der Waals surface area contributed by atoms with E-state index in [-0.39, 0.29) is 17.7 Å². The van der Waals surface area contributed by atoms with Gasteiger partial charge in [0.2, 0.25) is 10.0 Å². The molecule has 1 atom stereocenters. The van der Waals surface area contributed by atoms with Gasteiger partial charge in [-0.05, 0) is 54.3 Å². The maximum Gasteiger partial charge on any atom is 0.274 e. The second kappa shape index (κ2) is 8.82. The lowest BCUT2D eigenvalue weighted by Gasteiger charge is -2.20. The zero-order valence-corrected chi connectivity index (χ0v) is 19.0. The van der Waals surface area contributed by atoms with Crippen molar-refractivity contribution in [1.29, 1.82) is 0 Å². The summed E-state index contributed by atoms with van der Waals surface area (Å²) in [6.45, 7) is 1.58. The van der Waals surface area contributed by atoms with Gasteiger partial charge in [-0.25, -0.2) is 13.4 Å². The van der Waals surface area contributed by atoms with Gasteiger partial charge in [0.05, 0.1) is 17.5 Å². The minimum atomic E-state index is -3.34. The van der Waals surface area contributed by atoms with E-state index < -0.39 is 10.0 Å². The first kappa shape index (κ1) is 21.5. The predicted molar refractivity (Wildman–Crippen MR) is 125 cm³/mol. The third-order valence-electron chi connectivity index (χ3n) is 4.93. The Bertz CT molecular complexity index is 1220. The molecule has 6 nitrogen and oxygen atoms in total. The van der Waals surface area contributed by atoms with Crippen LogP contribution in [-0.2, 0) is 10.0 Å². The molecule has 2 heterocycles. The van der Waals surface area contributed by atoms with Crippen LogP contribution < -0.4 is 4.72 Å². The van der Waals surface area contributed by atoms with Crippen LogP contribution in [0.25, 0.3) is 0 Å². The van der Waals surface area contributed by atoms with Crippen LogP contribution in [0.3, 0.4) is 0 Å². The molecule has 0 saturated heterocycles. The third-order valence-corrected chi connectivity index (χ3v) is 7.45. The first-order chi connectivity index (χ1) is 14.9. The Labute approximate surface area is 190 Å². The molecule has 1 unspecified atom stereocenters. The van der Waals surface area contributed by atoms with Gasteiger partial charge in [-0.1, -0.05) is 35.9 Å². The molecule has 0 saturated carbocycles. The molecule has 9 heteroatoms. The number of carbonyl (C=O) groups excluding carboxylic acids is 1. The number of sulfonamides is 1. The standard InChI is InChI=1S/C22H20ClN3O3S2/c1-2-31(28,29)25-18-10-8-15(9-11-18)19-14-20(21-7-4-12-30-21)26(24-19)22(27)16-5-3-6-17(23)13-16/h3-13,20,25H,2,14H2,1H3. The average Bonchev–Trinajstić information content (AvgIpc) is 3.43. The van der Waals surface area contributed by atoms with E-state index in [4.69, 9.17) is 11.6 Å². The normalized spacial score (nSPS) is 16.3. The molecule has 31 heavy (non-hydrogen) atoms. The van der Waals surface area contributed by atoms with Crippen LogP contribution >= 0.6 is 22.9 Å². The van der Waals surface area contributed by atoms with Crippen LogP contribution in [0.4, 0.5) is 5.69 Å². The third kappa shape index (κ3) is 4.81. The van der Waals surface area contributed by atoms with Crippen LogP contribution in [0.15, 0.2) is 71.1 Å². The molecule has 1 amide bonds. The summed E-state index contributed by atoms with van der Waals surface area (Å²) in [5.41, 5.74) is 2.57. The second-order valence-corrected chi connectivity index (χ2v) is 10.5. The first-order valence-electron chi connectivity index (χ1n) is 9.67. The Balaban J connectivity index is 1.64. The van der Waals surface area contributed by atoms with Gasteiger partial charge >= 0.3 is 0 Å². The van der Waals surface area contributed by atoms with E-state index in [1.807, 2.05) is 29.6 Å². The topological polar surface area (TPSA) is 78.8 Å². The molecule has 4 rings (SSSR count). The Morgan fingerprint density at radius 1 is 1.19 bits per heavy atom. The number of nitrogens with one attached hydrogen (secondary N) is 1. The maximum atomic E-state index is 13.2. The van der Waals surface area contributed by atoms with E-state index >= 15 is 0 Å². The van der Waals surface area contributed by atoms with Crippen molar-refractivity contribution in [3.05, 3.63) is 87.1 Å². The van der Waals surface area contributed by atoms with Gasteiger partial charge in [0, 0.05) is 27.6 Å². The molecule has 3 aromatic rings. The van der Waals surface area contributed by atoms with Crippen molar-refractivity contribution in [2.75, 3.05) is 10.5 Å². The van der Waals surface area contributed by atoms with Crippen LogP contribution in [0.1, 0.15) is 40.2 Å². The fraction of sp³-hybridized carbons (Fsp3) is 0.182. The number of hydrazone groups is 1. The van der Waals surface area contributed by atoms with Crippen LogP contribution in [0, 0.1) is 0 Å². The molecular weight excluding hydrogens is 454 g/mol. The van der Waals surface area contributed by atoms with E-state index in [0.717, 1.165) is 16.2 Å². The SMILES string of the molecule is CCS(=O)(=O)Nc1ccc(C2=NN(C(=O)c3cccc(Cl)c3)C(c3cccs3)C2)cc1. The quantitative estimate of drug-likeness (QED) is 0.537. The van der Waals surface area contributed by atoms with Crippen molar-refractivity contribution in [3.63, 3.8) is 0 Å². The Morgan fingerprint density at radius 3 is 2.61 bits per heavy atom. The molecule has 1 aliphatic rings. The number of carbonyl (C=O) groups is 1. The van der Waals surface area contributed by atoms with Crippen LogP contribution in [0.5, 0.6) is 0 Å². The number of hydrogen-bond acceptors (Lipinski definition) is 5. The van der Waals surface area contributed by atoms with E-state index in [9.17, 15) is 13.2 Å². The number of thiophene rings is 1. The second-order valence-electron chi connectivity index (χ2n) is 7.02. The number of amides is 1. The van der Waals surface area contributed by atoms with Crippen molar-refractivity contribution < 1.29 is 13.2 Å². The fourth-order valence-electron chi connectivity index (χ4n) is 3.31. The monoisotopic (exact) mass is 473 g/mol. The number of rotatable bonds is 6. The summed E-state index contributed by atoms with van der Waals surface area (Å²) in [4.78, 5) is 14.3. The lowest BCUT2D eigenvalue weighted by Crippen LogP contribution is -2.26. The molecule has 2 aromatic carbocycles. The molecule has 1 N–H and O–H groups in total. The highest BCUT2D eigenvalue weighted by Gasteiger charge is 2.34. The number of benzene rings is 2. The molecule has 0 bridgehead atoms. The largest absolute Gasteiger partial charge is 0.284 e. The van der Waals surface area contributed by atoms with E-state index in [2.05, 4.69) is 9.82 Å². The highest BCUT2D eigenvalue weighted by Crippen LogP contribution is 2.36. The van der Waals surface area contributed by atoms with Crippen LogP contribution in [0.2, 0.25) is 5.02 Å². The van der Waals surface area contributed by atoms with Gasteiger partial charge < -0.3 is 0 Å². The number of nitrogens with zero attached hydrogens (tertiary/aromatic N) is 2. The molecule has 0 radical (unpaired) electrons. The molecule has 0 spiro atoms.